The third-order valence-electron chi connectivity index (χ3n) is 9.53. The van der Waals surface area contributed by atoms with Gasteiger partial charge in [0.25, 0.3) is 5.91 Å². The lowest BCUT2D eigenvalue weighted by Crippen LogP contribution is -2.65. The molecule has 49 heavy (non-hydrogen) atoms. The molecule has 0 bridgehead atoms. The van der Waals surface area contributed by atoms with E-state index in [9.17, 15) is 19.2 Å². The number of hydrogen-bond acceptors (Lipinski definition) is 6. The van der Waals surface area contributed by atoms with Crippen LogP contribution >= 0.6 is 0 Å². The van der Waals surface area contributed by atoms with E-state index in [4.69, 9.17) is 4.74 Å². The van der Waals surface area contributed by atoms with Gasteiger partial charge in [-0.3, -0.25) is 23.9 Å². The summed E-state index contributed by atoms with van der Waals surface area (Å²) in [6.45, 7) is 3.66. The van der Waals surface area contributed by atoms with Crippen molar-refractivity contribution in [2.75, 3.05) is 33.2 Å². The number of likely N-dealkylation sites (N-methyl/N-ethyl adjacent to an activating group) is 1. The molecular formula is C38H42N6O5. The highest BCUT2D eigenvalue weighted by atomic mass is 16.5. The number of carbonyl (C=O) groups is 4. The van der Waals surface area contributed by atoms with Crippen molar-refractivity contribution in [1.82, 2.24) is 30.2 Å². The van der Waals surface area contributed by atoms with Gasteiger partial charge in [-0.15, -0.1) is 0 Å². The first-order valence-electron chi connectivity index (χ1n) is 16.6. The van der Waals surface area contributed by atoms with Crippen LogP contribution < -0.4 is 10.6 Å². The van der Waals surface area contributed by atoms with E-state index in [0.717, 1.165) is 16.7 Å². The van der Waals surface area contributed by atoms with Gasteiger partial charge in [0.15, 0.2) is 0 Å². The van der Waals surface area contributed by atoms with Crippen molar-refractivity contribution in [2.45, 2.75) is 38.6 Å². The number of carbonyl (C=O) groups excluding carboxylic acids is 4. The van der Waals surface area contributed by atoms with Crippen molar-refractivity contribution >= 4 is 23.6 Å². The number of likely N-dealkylation sites (tertiary alicyclic amines) is 2. The largest absolute Gasteiger partial charge is 0.371 e. The lowest BCUT2D eigenvalue weighted by molar-refractivity contribution is -0.150. The molecule has 3 heterocycles. The molecule has 0 unspecified atom stereocenters. The van der Waals surface area contributed by atoms with Gasteiger partial charge in [0, 0.05) is 44.8 Å². The molecule has 4 aromatic rings. The van der Waals surface area contributed by atoms with Crippen LogP contribution in [0.25, 0.3) is 0 Å². The molecule has 2 aliphatic heterocycles. The monoisotopic (exact) mass is 662 g/mol. The van der Waals surface area contributed by atoms with E-state index in [1.807, 2.05) is 91.0 Å². The Hall–Kier alpha value is -5.29. The number of rotatable bonds is 12. The Morgan fingerprint density at radius 3 is 2.08 bits per heavy atom. The van der Waals surface area contributed by atoms with Crippen LogP contribution in [0.5, 0.6) is 0 Å². The van der Waals surface area contributed by atoms with E-state index >= 15 is 0 Å². The second-order valence-corrected chi connectivity index (χ2v) is 13.0. The van der Waals surface area contributed by atoms with Crippen molar-refractivity contribution in [3.8, 4) is 0 Å². The SMILES string of the molecule is CNC(=O)[C@@H](NC(=O)[C@H]1CN(C(=O)c2cnn(Cc3ccccc3)c2)CC12CN(C(=O)Cc1ccccc1)C2)[C@@H](C)OCc1ccccc1. The second kappa shape index (κ2) is 14.9. The van der Waals surface area contributed by atoms with E-state index < -0.39 is 23.5 Å². The molecule has 11 nitrogen and oxygen atoms in total. The molecule has 1 aromatic heterocycles. The van der Waals surface area contributed by atoms with Crippen LogP contribution in [0, 0.1) is 11.3 Å². The van der Waals surface area contributed by atoms with Gasteiger partial charge in [-0.05, 0) is 23.6 Å². The van der Waals surface area contributed by atoms with Gasteiger partial charge in [0.1, 0.15) is 6.04 Å². The molecule has 254 valence electrons. The Balaban J connectivity index is 1.18. The number of nitrogens with one attached hydrogen (secondary N) is 2. The molecule has 3 aromatic carbocycles. The summed E-state index contributed by atoms with van der Waals surface area (Å²) in [4.78, 5) is 57.7. The van der Waals surface area contributed by atoms with E-state index in [2.05, 4.69) is 15.7 Å². The fourth-order valence-corrected chi connectivity index (χ4v) is 6.79. The number of amides is 4. The fraction of sp³-hybridized carbons (Fsp3) is 0.342. The molecule has 2 aliphatic rings. The van der Waals surface area contributed by atoms with E-state index in [0.29, 0.717) is 31.7 Å². The summed E-state index contributed by atoms with van der Waals surface area (Å²) in [7, 11) is 1.52. The maximum absolute atomic E-state index is 14.1. The van der Waals surface area contributed by atoms with Gasteiger partial charge >= 0.3 is 0 Å². The molecule has 0 saturated carbocycles. The second-order valence-electron chi connectivity index (χ2n) is 13.0. The molecule has 1 spiro atoms. The van der Waals surface area contributed by atoms with Gasteiger partial charge in [-0.2, -0.15) is 5.10 Å². The molecule has 0 radical (unpaired) electrons. The predicted octanol–water partition coefficient (Wildman–Crippen LogP) is 2.91. The Morgan fingerprint density at radius 2 is 1.45 bits per heavy atom. The van der Waals surface area contributed by atoms with Crippen LogP contribution in [-0.4, -0.2) is 88.6 Å². The van der Waals surface area contributed by atoms with Crippen LogP contribution in [0.4, 0.5) is 0 Å². The standard InChI is InChI=1S/C38H42N6O5/c1-27(49-23-30-16-10-5-11-17-30)34(36(47)39-2)41-35(46)32-22-42(37(48)31-19-40-44(21-31)20-29-14-8-4-9-15-29)24-38(32)25-43(26-38)33(45)18-28-12-6-3-7-13-28/h3-17,19,21,27,32,34H,18,20,22-26H2,1-2H3,(H,39,47)(H,41,46)/t27-,32-,34+/m1/s1. The molecule has 2 saturated heterocycles. The van der Waals surface area contributed by atoms with Crippen molar-refractivity contribution in [2.24, 2.45) is 11.3 Å². The van der Waals surface area contributed by atoms with E-state index in [-0.39, 0.29) is 43.2 Å². The zero-order valence-electron chi connectivity index (χ0n) is 27.8. The summed E-state index contributed by atoms with van der Waals surface area (Å²) in [5, 5.41) is 10.0. The van der Waals surface area contributed by atoms with Gasteiger partial charge in [0.05, 0.1) is 43.4 Å². The third-order valence-corrected chi connectivity index (χ3v) is 9.53. The topological polar surface area (TPSA) is 126 Å². The fourth-order valence-electron chi connectivity index (χ4n) is 6.79. The summed E-state index contributed by atoms with van der Waals surface area (Å²) >= 11 is 0. The summed E-state index contributed by atoms with van der Waals surface area (Å²) < 4.78 is 7.75. The van der Waals surface area contributed by atoms with Crippen molar-refractivity contribution < 1.29 is 23.9 Å². The van der Waals surface area contributed by atoms with Gasteiger partial charge in [-0.1, -0.05) is 91.0 Å². The number of hydrogen-bond donors (Lipinski definition) is 2. The van der Waals surface area contributed by atoms with Gasteiger partial charge in [-0.25, -0.2) is 0 Å². The van der Waals surface area contributed by atoms with Crippen LogP contribution in [-0.2, 0) is 38.7 Å². The first-order chi connectivity index (χ1) is 23.7. The first kappa shape index (κ1) is 33.6. The molecule has 3 atom stereocenters. The Morgan fingerprint density at radius 1 is 0.857 bits per heavy atom. The molecule has 11 heteroatoms. The predicted molar refractivity (Wildman–Crippen MR) is 183 cm³/mol. The summed E-state index contributed by atoms with van der Waals surface area (Å²) in [5.41, 5.74) is 2.69. The molecule has 0 aliphatic carbocycles. The number of aromatic nitrogens is 2. The maximum Gasteiger partial charge on any atom is 0.257 e. The van der Waals surface area contributed by atoms with Crippen LogP contribution in [0.15, 0.2) is 103 Å². The van der Waals surface area contributed by atoms with E-state index in [1.165, 1.54) is 7.05 Å². The van der Waals surface area contributed by atoms with Gasteiger partial charge in [0.2, 0.25) is 17.7 Å². The van der Waals surface area contributed by atoms with E-state index in [1.54, 1.807) is 33.8 Å². The molecule has 4 amide bonds. The Bertz CT molecular complexity index is 1760. The van der Waals surface area contributed by atoms with Crippen molar-refractivity contribution in [3.05, 3.63) is 126 Å². The average molecular weight is 663 g/mol. The molecular weight excluding hydrogens is 620 g/mol. The highest BCUT2D eigenvalue weighted by molar-refractivity contribution is 5.95. The molecule has 6 rings (SSSR count). The smallest absolute Gasteiger partial charge is 0.257 e. The summed E-state index contributed by atoms with van der Waals surface area (Å²) in [6.07, 6.45) is 2.89. The van der Waals surface area contributed by atoms with Gasteiger partial charge < -0.3 is 25.2 Å². The minimum absolute atomic E-state index is 0.0332. The number of benzene rings is 3. The van der Waals surface area contributed by atoms with Crippen molar-refractivity contribution in [3.63, 3.8) is 0 Å². The minimum atomic E-state index is -0.963. The van der Waals surface area contributed by atoms with Crippen LogP contribution in [0.1, 0.15) is 34.0 Å². The Labute approximate surface area is 286 Å². The lowest BCUT2D eigenvalue weighted by atomic mass is 9.71. The van der Waals surface area contributed by atoms with Crippen LogP contribution in [0.3, 0.4) is 0 Å². The molecule has 2 fully saturated rings. The molecule has 2 N–H and O–H groups in total. The minimum Gasteiger partial charge on any atom is -0.371 e. The zero-order valence-corrected chi connectivity index (χ0v) is 27.8. The normalized spacial score (nSPS) is 17.6. The maximum atomic E-state index is 14.1. The highest BCUT2D eigenvalue weighted by Gasteiger charge is 2.59. The quantitative estimate of drug-likeness (QED) is 0.241. The zero-order chi connectivity index (χ0) is 34.4. The average Bonchev–Trinajstić information content (AvgIpc) is 3.75. The summed E-state index contributed by atoms with van der Waals surface area (Å²) in [6, 6.07) is 28.0. The highest BCUT2D eigenvalue weighted by Crippen LogP contribution is 2.45. The Kier molecular flexibility index (Phi) is 10.2. The van der Waals surface area contributed by atoms with Crippen molar-refractivity contribution in [1.29, 1.82) is 0 Å². The third kappa shape index (κ3) is 7.73. The number of ether oxygens (including phenoxy) is 1. The summed E-state index contributed by atoms with van der Waals surface area (Å²) in [5.74, 6) is -1.65. The number of nitrogens with zero attached hydrogens (tertiary/aromatic N) is 4. The lowest BCUT2D eigenvalue weighted by Gasteiger charge is -2.50. The van der Waals surface area contributed by atoms with Crippen LogP contribution in [0.2, 0.25) is 0 Å². The first-order valence-corrected chi connectivity index (χ1v) is 16.6.